The van der Waals surface area contributed by atoms with Gasteiger partial charge in [0, 0.05) is 13.1 Å². The number of carbonyl (C=O) groups is 1. The van der Waals surface area contributed by atoms with Crippen molar-refractivity contribution in [2.75, 3.05) is 39.3 Å². The molecule has 4 nitrogen and oxygen atoms in total. The SMILES string of the molecule is CCN1CCC(C(CN2CCCC2)C(=O)O)C1. The molecule has 0 spiro atoms. The first-order chi connectivity index (χ1) is 8.20. The van der Waals surface area contributed by atoms with Gasteiger partial charge < -0.3 is 14.9 Å². The highest BCUT2D eigenvalue weighted by Gasteiger charge is 2.34. The molecule has 0 amide bonds. The first-order valence-corrected chi connectivity index (χ1v) is 6.88. The van der Waals surface area contributed by atoms with Crippen LogP contribution in [-0.4, -0.2) is 60.1 Å². The summed E-state index contributed by atoms with van der Waals surface area (Å²) in [6.07, 6.45) is 3.52. The molecule has 2 atom stereocenters. The monoisotopic (exact) mass is 240 g/mol. The quantitative estimate of drug-likeness (QED) is 0.782. The summed E-state index contributed by atoms with van der Waals surface area (Å²) in [4.78, 5) is 16.1. The molecule has 2 aliphatic rings. The van der Waals surface area contributed by atoms with Crippen LogP contribution in [0.4, 0.5) is 0 Å². The molecule has 98 valence electrons. The second kappa shape index (κ2) is 5.83. The molecule has 0 aromatic rings. The van der Waals surface area contributed by atoms with Crippen LogP contribution in [0.5, 0.6) is 0 Å². The predicted molar refractivity (Wildman–Crippen MR) is 67.0 cm³/mol. The summed E-state index contributed by atoms with van der Waals surface area (Å²) in [5, 5.41) is 9.41. The fourth-order valence-electron chi connectivity index (χ4n) is 3.15. The lowest BCUT2D eigenvalue weighted by atomic mass is 9.91. The number of aliphatic carboxylic acids is 1. The van der Waals surface area contributed by atoms with Gasteiger partial charge in [0.05, 0.1) is 5.92 Å². The largest absolute Gasteiger partial charge is 0.481 e. The van der Waals surface area contributed by atoms with E-state index < -0.39 is 5.97 Å². The molecule has 2 heterocycles. The summed E-state index contributed by atoms with van der Waals surface area (Å²) in [5.41, 5.74) is 0. The van der Waals surface area contributed by atoms with E-state index in [0.29, 0.717) is 5.92 Å². The normalized spacial score (nSPS) is 28.6. The molecule has 0 bridgehead atoms. The fourth-order valence-corrected chi connectivity index (χ4v) is 3.15. The van der Waals surface area contributed by atoms with Crippen LogP contribution in [0.1, 0.15) is 26.2 Å². The first-order valence-electron chi connectivity index (χ1n) is 6.88. The van der Waals surface area contributed by atoms with Gasteiger partial charge in [-0.15, -0.1) is 0 Å². The summed E-state index contributed by atoms with van der Waals surface area (Å²) in [7, 11) is 0. The van der Waals surface area contributed by atoms with Crippen LogP contribution in [0.2, 0.25) is 0 Å². The number of hydrogen-bond acceptors (Lipinski definition) is 3. The van der Waals surface area contributed by atoms with Gasteiger partial charge in [-0.2, -0.15) is 0 Å². The van der Waals surface area contributed by atoms with Crippen LogP contribution in [0, 0.1) is 11.8 Å². The zero-order valence-electron chi connectivity index (χ0n) is 10.8. The summed E-state index contributed by atoms with van der Waals surface area (Å²) in [6, 6.07) is 0. The molecule has 0 aliphatic carbocycles. The minimum Gasteiger partial charge on any atom is -0.481 e. The van der Waals surface area contributed by atoms with E-state index in [0.717, 1.165) is 45.7 Å². The van der Waals surface area contributed by atoms with Crippen molar-refractivity contribution >= 4 is 5.97 Å². The Hall–Kier alpha value is -0.610. The number of nitrogens with zero attached hydrogens (tertiary/aromatic N) is 2. The third kappa shape index (κ3) is 3.19. The van der Waals surface area contributed by atoms with E-state index in [4.69, 9.17) is 0 Å². The van der Waals surface area contributed by atoms with Crippen molar-refractivity contribution in [3.63, 3.8) is 0 Å². The maximum Gasteiger partial charge on any atom is 0.308 e. The van der Waals surface area contributed by atoms with Gasteiger partial charge in [0.2, 0.25) is 0 Å². The third-order valence-corrected chi connectivity index (χ3v) is 4.30. The van der Waals surface area contributed by atoms with Gasteiger partial charge in [-0.3, -0.25) is 4.79 Å². The molecule has 2 fully saturated rings. The van der Waals surface area contributed by atoms with Crippen molar-refractivity contribution in [1.29, 1.82) is 0 Å². The molecular formula is C13H24N2O2. The van der Waals surface area contributed by atoms with Gasteiger partial charge in [-0.1, -0.05) is 6.92 Å². The van der Waals surface area contributed by atoms with E-state index in [1.54, 1.807) is 0 Å². The van der Waals surface area contributed by atoms with Gasteiger partial charge in [0.25, 0.3) is 0 Å². The van der Waals surface area contributed by atoms with Crippen molar-refractivity contribution < 1.29 is 9.90 Å². The Bertz CT molecular complexity index is 264. The average molecular weight is 240 g/mol. The number of carboxylic acid groups (broad SMARTS) is 1. The van der Waals surface area contributed by atoms with E-state index in [-0.39, 0.29) is 5.92 Å². The Morgan fingerprint density at radius 3 is 2.53 bits per heavy atom. The van der Waals surface area contributed by atoms with Crippen molar-refractivity contribution in [1.82, 2.24) is 9.80 Å². The molecule has 1 N–H and O–H groups in total. The van der Waals surface area contributed by atoms with Gasteiger partial charge >= 0.3 is 5.97 Å². The van der Waals surface area contributed by atoms with Crippen LogP contribution in [0.3, 0.4) is 0 Å². The van der Waals surface area contributed by atoms with Crippen LogP contribution < -0.4 is 0 Å². The van der Waals surface area contributed by atoms with Crippen molar-refractivity contribution in [3.8, 4) is 0 Å². The Labute approximate surface area is 104 Å². The maximum absolute atomic E-state index is 11.4. The molecule has 0 saturated carbocycles. The van der Waals surface area contributed by atoms with Crippen molar-refractivity contribution in [2.45, 2.75) is 26.2 Å². The Morgan fingerprint density at radius 1 is 1.29 bits per heavy atom. The van der Waals surface area contributed by atoms with E-state index in [1.165, 1.54) is 12.8 Å². The molecule has 17 heavy (non-hydrogen) atoms. The molecule has 0 radical (unpaired) electrons. The van der Waals surface area contributed by atoms with E-state index >= 15 is 0 Å². The lowest BCUT2D eigenvalue weighted by Gasteiger charge is -2.25. The topological polar surface area (TPSA) is 43.8 Å². The Kier molecular flexibility index (Phi) is 4.40. The molecule has 0 aromatic heterocycles. The third-order valence-electron chi connectivity index (χ3n) is 4.30. The molecule has 2 unspecified atom stereocenters. The summed E-state index contributed by atoms with van der Waals surface area (Å²) in [6.45, 7) is 8.19. The number of likely N-dealkylation sites (tertiary alicyclic amines) is 2. The zero-order chi connectivity index (χ0) is 12.3. The fraction of sp³-hybridized carbons (Fsp3) is 0.923. The smallest absolute Gasteiger partial charge is 0.308 e. The highest BCUT2D eigenvalue weighted by molar-refractivity contribution is 5.70. The summed E-state index contributed by atoms with van der Waals surface area (Å²) in [5.74, 6) is -0.405. The Morgan fingerprint density at radius 2 is 2.00 bits per heavy atom. The van der Waals surface area contributed by atoms with E-state index in [2.05, 4.69) is 16.7 Å². The molecule has 4 heteroatoms. The van der Waals surface area contributed by atoms with Crippen LogP contribution in [-0.2, 0) is 4.79 Å². The highest BCUT2D eigenvalue weighted by atomic mass is 16.4. The van der Waals surface area contributed by atoms with Gasteiger partial charge in [0.1, 0.15) is 0 Å². The minimum absolute atomic E-state index is 0.162. The first kappa shape index (κ1) is 12.8. The van der Waals surface area contributed by atoms with Gasteiger partial charge in [-0.25, -0.2) is 0 Å². The lowest BCUT2D eigenvalue weighted by Crippen LogP contribution is -2.37. The number of rotatable bonds is 5. The second-order valence-electron chi connectivity index (χ2n) is 5.39. The average Bonchev–Trinajstić information content (AvgIpc) is 2.96. The highest BCUT2D eigenvalue weighted by Crippen LogP contribution is 2.26. The number of hydrogen-bond donors (Lipinski definition) is 1. The zero-order valence-corrected chi connectivity index (χ0v) is 10.8. The van der Waals surface area contributed by atoms with E-state index in [9.17, 15) is 9.90 Å². The minimum atomic E-state index is -0.597. The molecule has 2 saturated heterocycles. The van der Waals surface area contributed by atoms with Gasteiger partial charge in [0.15, 0.2) is 0 Å². The van der Waals surface area contributed by atoms with Crippen molar-refractivity contribution in [3.05, 3.63) is 0 Å². The summed E-state index contributed by atoms with van der Waals surface area (Å²) >= 11 is 0. The van der Waals surface area contributed by atoms with Crippen molar-refractivity contribution in [2.24, 2.45) is 11.8 Å². The Balaban J connectivity index is 1.90. The van der Waals surface area contributed by atoms with Crippen LogP contribution in [0.15, 0.2) is 0 Å². The second-order valence-corrected chi connectivity index (χ2v) is 5.39. The lowest BCUT2D eigenvalue weighted by molar-refractivity contribution is -0.144. The van der Waals surface area contributed by atoms with Crippen LogP contribution >= 0.6 is 0 Å². The standard InChI is InChI=1S/C13H24N2O2/c1-2-14-8-5-11(9-14)12(13(16)17)10-15-6-3-4-7-15/h11-12H,2-10H2,1H3,(H,16,17). The molecule has 2 aliphatic heterocycles. The molecule has 0 aromatic carbocycles. The number of carboxylic acids is 1. The molecular weight excluding hydrogens is 216 g/mol. The molecule has 2 rings (SSSR count). The predicted octanol–water partition coefficient (Wildman–Crippen LogP) is 1.12. The van der Waals surface area contributed by atoms with E-state index in [1.807, 2.05) is 0 Å². The summed E-state index contributed by atoms with van der Waals surface area (Å²) < 4.78 is 0. The van der Waals surface area contributed by atoms with Crippen LogP contribution in [0.25, 0.3) is 0 Å². The maximum atomic E-state index is 11.4. The van der Waals surface area contributed by atoms with Gasteiger partial charge in [-0.05, 0) is 51.4 Å².